The van der Waals surface area contributed by atoms with Crippen molar-refractivity contribution >= 4 is 0 Å². The molecule has 1 saturated heterocycles. The van der Waals surface area contributed by atoms with Gasteiger partial charge in [0.1, 0.15) is 0 Å². The van der Waals surface area contributed by atoms with Gasteiger partial charge in [-0.05, 0) is 45.4 Å². The molecule has 2 heteroatoms. The van der Waals surface area contributed by atoms with Gasteiger partial charge in [-0.25, -0.2) is 0 Å². The molecule has 2 nitrogen and oxygen atoms in total. The molecule has 0 aromatic carbocycles. The molecule has 2 rings (SSSR count). The molecule has 0 aromatic rings. The number of hydrogen-bond acceptors (Lipinski definition) is 2. The Morgan fingerprint density at radius 3 is 2.67 bits per heavy atom. The lowest BCUT2D eigenvalue weighted by atomic mass is 9.93. The molecule has 1 aliphatic carbocycles. The van der Waals surface area contributed by atoms with Crippen molar-refractivity contribution in [1.82, 2.24) is 10.2 Å². The second-order valence-corrected chi connectivity index (χ2v) is 7.27. The molecule has 106 valence electrons. The first-order chi connectivity index (χ1) is 8.52. The predicted octanol–water partition coefficient (Wildman–Crippen LogP) is 3.42. The van der Waals surface area contributed by atoms with E-state index in [0.717, 1.165) is 18.0 Å². The van der Waals surface area contributed by atoms with E-state index in [1.165, 1.54) is 51.6 Å². The Morgan fingerprint density at radius 1 is 1.17 bits per heavy atom. The van der Waals surface area contributed by atoms with Crippen molar-refractivity contribution in [3.05, 3.63) is 0 Å². The van der Waals surface area contributed by atoms with Gasteiger partial charge in [-0.1, -0.05) is 26.7 Å². The van der Waals surface area contributed by atoms with Crippen LogP contribution in [0.25, 0.3) is 0 Å². The molecule has 0 aromatic heterocycles. The van der Waals surface area contributed by atoms with Crippen LogP contribution in [-0.4, -0.2) is 35.6 Å². The molecule has 1 saturated carbocycles. The van der Waals surface area contributed by atoms with Crippen LogP contribution in [0.15, 0.2) is 0 Å². The number of hydrogen-bond donors (Lipinski definition) is 1. The van der Waals surface area contributed by atoms with Crippen molar-refractivity contribution < 1.29 is 0 Å². The summed E-state index contributed by atoms with van der Waals surface area (Å²) in [5, 5.41) is 3.71. The van der Waals surface area contributed by atoms with E-state index >= 15 is 0 Å². The smallest absolute Gasteiger partial charge is 0.0253 e. The van der Waals surface area contributed by atoms with Crippen molar-refractivity contribution in [2.75, 3.05) is 13.1 Å². The largest absolute Gasteiger partial charge is 0.309 e. The Balaban J connectivity index is 2.02. The summed E-state index contributed by atoms with van der Waals surface area (Å²) in [5.41, 5.74) is 0.295. The van der Waals surface area contributed by atoms with E-state index in [9.17, 15) is 0 Å². The molecule has 1 heterocycles. The second kappa shape index (κ2) is 5.92. The summed E-state index contributed by atoms with van der Waals surface area (Å²) in [5.74, 6) is 0.950. The molecule has 1 aliphatic heterocycles. The minimum absolute atomic E-state index is 0.295. The van der Waals surface area contributed by atoms with Gasteiger partial charge in [0.05, 0.1) is 0 Å². The van der Waals surface area contributed by atoms with Crippen molar-refractivity contribution in [3.63, 3.8) is 0 Å². The predicted molar refractivity (Wildman–Crippen MR) is 78.9 cm³/mol. The summed E-state index contributed by atoms with van der Waals surface area (Å²) in [7, 11) is 0. The lowest BCUT2D eigenvalue weighted by Crippen LogP contribution is -2.63. The van der Waals surface area contributed by atoms with E-state index in [4.69, 9.17) is 0 Å². The fourth-order valence-corrected chi connectivity index (χ4v) is 3.76. The molecule has 3 unspecified atom stereocenters. The minimum atomic E-state index is 0.295. The molecule has 3 atom stereocenters. The zero-order valence-corrected chi connectivity index (χ0v) is 12.8. The van der Waals surface area contributed by atoms with Gasteiger partial charge in [0.15, 0.2) is 0 Å². The Kier molecular flexibility index (Phi) is 4.71. The van der Waals surface area contributed by atoms with Crippen LogP contribution in [0.4, 0.5) is 0 Å². The summed E-state index contributed by atoms with van der Waals surface area (Å²) < 4.78 is 0. The first kappa shape index (κ1) is 14.3. The van der Waals surface area contributed by atoms with Crippen LogP contribution in [0.3, 0.4) is 0 Å². The molecule has 0 bridgehead atoms. The maximum absolute atomic E-state index is 3.71. The summed E-state index contributed by atoms with van der Waals surface area (Å²) >= 11 is 0. The third kappa shape index (κ3) is 3.48. The van der Waals surface area contributed by atoms with Crippen molar-refractivity contribution in [2.24, 2.45) is 5.92 Å². The Hall–Kier alpha value is -0.0800. The highest BCUT2D eigenvalue weighted by Gasteiger charge is 2.35. The van der Waals surface area contributed by atoms with E-state index in [1.807, 2.05) is 0 Å². The highest BCUT2D eigenvalue weighted by Crippen LogP contribution is 2.30. The van der Waals surface area contributed by atoms with Crippen LogP contribution < -0.4 is 5.32 Å². The van der Waals surface area contributed by atoms with Crippen molar-refractivity contribution in [3.8, 4) is 0 Å². The average Bonchev–Trinajstić information content (AvgIpc) is 2.53. The van der Waals surface area contributed by atoms with Crippen LogP contribution >= 0.6 is 0 Å². The van der Waals surface area contributed by atoms with E-state index in [-0.39, 0.29) is 0 Å². The van der Waals surface area contributed by atoms with E-state index in [0.29, 0.717) is 5.54 Å². The van der Waals surface area contributed by atoms with Crippen LogP contribution in [0.1, 0.15) is 66.2 Å². The molecular formula is C16H32N2. The minimum Gasteiger partial charge on any atom is -0.309 e. The average molecular weight is 252 g/mol. The van der Waals surface area contributed by atoms with E-state index in [1.54, 1.807) is 0 Å². The first-order valence-electron chi connectivity index (χ1n) is 8.02. The summed E-state index contributed by atoms with van der Waals surface area (Å²) in [4.78, 5) is 2.84. The van der Waals surface area contributed by atoms with Crippen LogP contribution in [0, 0.1) is 5.92 Å². The number of piperazine rings is 1. The first-order valence-corrected chi connectivity index (χ1v) is 8.02. The van der Waals surface area contributed by atoms with Gasteiger partial charge >= 0.3 is 0 Å². The molecule has 2 fully saturated rings. The summed E-state index contributed by atoms with van der Waals surface area (Å²) in [6.45, 7) is 11.9. The number of nitrogens with zero attached hydrogens (tertiary/aromatic N) is 1. The number of nitrogens with one attached hydrogen (secondary N) is 1. The Labute approximate surface area is 114 Å². The summed E-state index contributed by atoms with van der Waals surface area (Å²) in [6.07, 6.45) is 8.46. The highest BCUT2D eigenvalue weighted by atomic mass is 15.3. The topological polar surface area (TPSA) is 15.3 Å². The zero-order chi connectivity index (χ0) is 13.2. The third-order valence-corrected chi connectivity index (χ3v) is 5.03. The standard InChI is InChI=1S/C16H32N2/c1-5-14-11-17-16(3,4)12-18(14)15-8-6-7-13(2)9-10-15/h13-15,17H,5-12H2,1-4H3. The second-order valence-electron chi connectivity index (χ2n) is 7.27. The van der Waals surface area contributed by atoms with Gasteiger partial charge in [-0.15, -0.1) is 0 Å². The third-order valence-electron chi connectivity index (χ3n) is 5.03. The van der Waals surface area contributed by atoms with E-state index < -0.39 is 0 Å². The lowest BCUT2D eigenvalue weighted by Gasteiger charge is -2.48. The van der Waals surface area contributed by atoms with Crippen molar-refractivity contribution in [2.45, 2.75) is 83.8 Å². The quantitative estimate of drug-likeness (QED) is 0.758. The van der Waals surface area contributed by atoms with Gasteiger partial charge in [0, 0.05) is 30.7 Å². The molecule has 0 spiro atoms. The molecule has 2 aliphatic rings. The number of rotatable bonds is 2. The van der Waals surface area contributed by atoms with Gasteiger partial charge in [-0.3, -0.25) is 4.90 Å². The lowest BCUT2D eigenvalue weighted by molar-refractivity contribution is 0.0451. The maximum Gasteiger partial charge on any atom is 0.0253 e. The SMILES string of the molecule is CCC1CNC(C)(C)CN1C1CCCC(C)CC1. The highest BCUT2D eigenvalue weighted by molar-refractivity contribution is 4.95. The molecule has 0 amide bonds. The van der Waals surface area contributed by atoms with Crippen LogP contribution in [0.2, 0.25) is 0 Å². The van der Waals surface area contributed by atoms with Gasteiger partial charge in [0.2, 0.25) is 0 Å². The van der Waals surface area contributed by atoms with Crippen molar-refractivity contribution in [1.29, 1.82) is 0 Å². The van der Waals surface area contributed by atoms with Crippen LogP contribution in [0.5, 0.6) is 0 Å². The monoisotopic (exact) mass is 252 g/mol. The summed E-state index contributed by atoms with van der Waals surface area (Å²) in [6, 6.07) is 1.61. The van der Waals surface area contributed by atoms with Crippen LogP contribution in [-0.2, 0) is 0 Å². The Morgan fingerprint density at radius 2 is 1.94 bits per heavy atom. The molecule has 0 radical (unpaired) electrons. The van der Waals surface area contributed by atoms with E-state index in [2.05, 4.69) is 37.9 Å². The fourth-order valence-electron chi connectivity index (χ4n) is 3.76. The van der Waals surface area contributed by atoms with Gasteiger partial charge in [0.25, 0.3) is 0 Å². The zero-order valence-electron chi connectivity index (χ0n) is 12.8. The maximum atomic E-state index is 3.71. The normalized spacial score (nSPS) is 38.3. The molecule has 1 N–H and O–H groups in total. The van der Waals surface area contributed by atoms with Gasteiger partial charge < -0.3 is 5.32 Å². The molecule has 18 heavy (non-hydrogen) atoms. The fraction of sp³-hybridized carbons (Fsp3) is 1.00. The molecular weight excluding hydrogens is 220 g/mol. The van der Waals surface area contributed by atoms with Gasteiger partial charge in [-0.2, -0.15) is 0 Å². The Bertz CT molecular complexity index is 262.